The molecule has 0 aliphatic heterocycles. The van der Waals surface area contributed by atoms with E-state index < -0.39 is 17.3 Å². The van der Waals surface area contributed by atoms with Gasteiger partial charge < -0.3 is 15.7 Å². The van der Waals surface area contributed by atoms with E-state index in [1.54, 1.807) is 6.20 Å². The molecular weight excluding hydrogens is 438 g/mol. The summed E-state index contributed by atoms with van der Waals surface area (Å²) in [6.45, 7) is 3.67. The average Bonchev–Trinajstić information content (AvgIpc) is 3.41. The van der Waals surface area contributed by atoms with E-state index in [2.05, 4.69) is 20.6 Å². The molecule has 3 aliphatic rings. The van der Waals surface area contributed by atoms with Gasteiger partial charge in [0.1, 0.15) is 22.9 Å². The number of halogens is 2. The molecule has 2 unspecified atom stereocenters. The minimum atomic E-state index is -0.797. The molecule has 9 heteroatoms. The summed E-state index contributed by atoms with van der Waals surface area (Å²) in [6.07, 6.45) is 11.9. The molecule has 184 valence electrons. The van der Waals surface area contributed by atoms with Crippen molar-refractivity contribution in [2.24, 2.45) is 5.92 Å². The topological polar surface area (TPSA) is 87.9 Å². The van der Waals surface area contributed by atoms with Crippen LogP contribution in [0.5, 0.6) is 0 Å². The largest absolute Gasteiger partial charge is 0.390 e. The number of nitrogens with one attached hydrogen (secondary N) is 2. The van der Waals surface area contributed by atoms with Crippen molar-refractivity contribution in [3.8, 4) is 0 Å². The fraction of sp³-hybridized carbons (Fsp3) is 0.640. The van der Waals surface area contributed by atoms with Crippen LogP contribution in [0.15, 0.2) is 29.6 Å². The lowest BCUT2D eigenvalue weighted by atomic mass is 9.89. The SMILES string of the molecule is CC(C)(O)C1CCC(n2c(NC3=C(F)CCC=C3F)nc3cnc(NC4CCCCC4)nc32)C1. The number of aromatic nitrogens is 4. The number of hydrogen-bond donors (Lipinski definition) is 3. The summed E-state index contributed by atoms with van der Waals surface area (Å²) in [5.41, 5.74) is 0.255. The third kappa shape index (κ3) is 4.67. The van der Waals surface area contributed by atoms with E-state index >= 15 is 0 Å². The van der Waals surface area contributed by atoms with Crippen molar-refractivity contribution < 1.29 is 13.9 Å². The van der Waals surface area contributed by atoms with Crippen molar-refractivity contribution in [3.63, 3.8) is 0 Å². The second-order valence-corrected chi connectivity index (χ2v) is 10.5. The lowest BCUT2D eigenvalue weighted by molar-refractivity contribution is 0.0186. The average molecular weight is 473 g/mol. The van der Waals surface area contributed by atoms with Crippen molar-refractivity contribution in [3.05, 3.63) is 29.6 Å². The van der Waals surface area contributed by atoms with Gasteiger partial charge in [-0.05, 0) is 64.4 Å². The zero-order chi connectivity index (χ0) is 23.9. The molecule has 3 N–H and O–H groups in total. The van der Waals surface area contributed by atoms with Crippen molar-refractivity contribution in [1.82, 2.24) is 19.5 Å². The summed E-state index contributed by atoms with van der Waals surface area (Å²) in [5.74, 6) is -0.0832. The van der Waals surface area contributed by atoms with Gasteiger partial charge in [0.2, 0.25) is 11.9 Å². The Morgan fingerprint density at radius 2 is 1.88 bits per heavy atom. The summed E-state index contributed by atoms with van der Waals surface area (Å²) >= 11 is 0. The van der Waals surface area contributed by atoms with Crippen LogP contribution in [0.1, 0.15) is 84.1 Å². The third-order valence-corrected chi connectivity index (χ3v) is 7.57. The van der Waals surface area contributed by atoms with E-state index in [4.69, 9.17) is 4.98 Å². The van der Waals surface area contributed by atoms with Crippen molar-refractivity contribution in [2.45, 2.75) is 95.7 Å². The lowest BCUT2D eigenvalue weighted by Crippen LogP contribution is -2.29. The van der Waals surface area contributed by atoms with Crippen molar-refractivity contribution >= 4 is 23.1 Å². The first-order valence-corrected chi connectivity index (χ1v) is 12.5. The minimum Gasteiger partial charge on any atom is -0.390 e. The van der Waals surface area contributed by atoms with Gasteiger partial charge in [-0.15, -0.1) is 0 Å². The quantitative estimate of drug-likeness (QED) is 0.483. The molecule has 0 radical (unpaired) electrons. The van der Waals surface area contributed by atoms with Gasteiger partial charge in [0.05, 0.1) is 11.8 Å². The normalized spacial score (nSPS) is 24.6. The summed E-state index contributed by atoms with van der Waals surface area (Å²) in [5, 5.41) is 17.0. The molecule has 0 spiro atoms. The number of hydrogen-bond acceptors (Lipinski definition) is 6. The molecule has 3 aliphatic carbocycles. The highest BCUT2D eigenvalue weighted by Gasteiger charge is 2.37. The van der Waals surface area contributed by atoms with Gasteiger partial charge in [-0.3, -0.25) is 4.57 Å². The molecular formula is C25H34F2N6O. The predicted octanol–water partition coefficient (Wildman–Crippen LogP) is 5.92. The Balaban J connectivity index is 1.52. The first-order valence-electron chi connectivity index (χ1n) is 12.5. The first kappa shape index (κ1) is 23.2. The number of aliphatic hydroxyl groups is 1. The zero-order valence-corrected chi connectivity index (χ0v) is 19.9. The highest BCUT2D eigenvalue weighted by atomic mass is 19.1. The summed E-state index contributed by atoms with van der Waals surface area (Å²) in [7, 11) is 0. The maximum Gasteiger partial charge on any atom is 0.224 e. The van der Waals surface area contributed by atoms with E-state index in [9.17, 15) is 13.9 Å². The Morgan fingerprint density at radius 3 is 2.59 bits per heavy atom. The van der Waals surface area contributed by atoms with Crippen LogP contribution in [0, 0.1) is 5.92 Å². The Kier molecular flexibility index (Phi) is 6.31. The van der Waals surface area contributed by atoms with Crippen LogP contribution < -0.4 is 10.6 Å². The summed E-state index contributed by atoms with van der Waals surface area (Å²) < 4.78 is 31.0. The Bertz CT molecular complexity index is 1110. The van der Waals surface area contributed by atoms with Gasteiger partial charge in [-0.2, -0.15) is 4.98 Å². The van der Waals surface area contributed by atoms with Crippen molar-refractivity contribution in [1.29, 1.82) is 0 Å². The van der Waals surface area contributed by atoms with Gasteiger partial charge in [0.15, 0.2) is 5.65 Å². The molecule has 2 fully saturated rings. The maximum absolute atomic E-state index is 14.5. The summed E-state index contributed by atoms with van der Waals surface area (Å²) in [6, 6.07) is 0.354. The number of allylic oxidation sites excluding steroid dienone is 3. The molecule has 2 saturated carbocycles. The van der Waals surface area contributed by atoms with E-state index in [0.717, 1.165) is 32.1 Å². The van der Waals surface area contributed by atoms with E-state index in [1.807, 2.05) is 18.4 Å². The molecule has 5 rings (SSSR count). The van der Waals surface area contributed by atoms with E-state index in [0.29, 0.717) is 35.5 Å². The fourth-order valence-electron chi connectivity index (χ4n) is 5.58. The highest BCUT2D eigenvalue weighted by Crippen LogP contribution is 2.43. The first-order chi connectivity index (χ1) is 16.3. The number of nitrogens with zero attached hydrogens (tertiary/aromatic N) is 4. The molecule has 34 heavy (non-hydrogen) atoms. The second-order valence-electron chi connectivity index (χ2n) is 10.5. The molecule has 2 aromatic rings. The van der Waals surface area contributed by atoms with Gasteiger partial charge in [-0.1, -0.05) is 19.3 Å². The predicted molar refractivity (Wildman–Crippen MR) is 129 cm³/mol. The monoisotopic (exact) mass is 472 g/mol. The summed E-state index contributed by atoms with van der Waals surface area (Å²) in [4.78, 5) is 13.9. The van der Waals surface area contributed by atoms with Crippen LogP contribution in [0.3, 0.4) is 0 Å². The zero-order valence-electron chi connectivity index (χ0n) is 19.9. The molecule has 0 saturated heterocycles. The van der Waals surface area contributed by atoms with Gasteiger partial charge in [0.25, 0.3) is 0 Å². The van der Waals surface area contributed by atoms with Crippen molar-refractivity contribution in [2.75, 3.05) is 10.6 Å². The molecule has 0 amide bonds. The van der Waals surface area contributed by atoms with Gasteiger partial charge >= 0.3 is 0 Å². The minimum absolute atomic E-state index is 0.000600. The van der Waals surface area contributed by atoms with Crippen LogP contribution in [0.25, 0.3) is 11.2 Å². The second kappa shape index (κ2) is 9.24. The molecule has 2 heterocycles. The van der Waals surface area contributed by atoms with Crippen LogP contribution >= 0.6 is 0 Å². The number of imidazole rings is 1. The third-order valence-electron chi connectivity index (χ3n) is 7.57. The molecule has 0 bridgehead atoms. The highest BCUT2D eigenvalue weighted by molar-refractivity contribution is 5.76. The number of fused-ring (bicyclic) bond motifs is 1. The maximum atomic E-state index is 14.5. The lowest BCUT2D eigenvalue weighted by Gasteiger charge is -2.26. The number of anilines is 2. The smallest absolute Gasteiger partial charge is 0.224 e. The molecule has 0 aromatic carbocycles. The Morgan fingerprint density at radius 1 is 1.09 bits per heavy atom. The van der Waals surface area contributed by atoms with Crippen LogP contribution in [-0.4, -0.2) is 36.3 Å². The van der Waals surface area contributed by atoms with E-state index in [-0.39, 0.29) is 24.1 Å². The van der Waals surface area contributed by atoms with Gasteiger partial charge in [0, 0.05) is 18.5 Å². The number of rotatable bonds is 6. The van der Waals surface area contributed by atoms with Crippen LogP contribution in [-0.2, 0) is 0 Å². The Hall–Kier alpha value is -2.55. The van der Waals surface area contributed by atoms with Crippen LogP contribution in [0.4, 0.5) is 20.7 Å². The molecule has 7 nitrogen and oxygen atoms in total. The Labute approximate surface area is 198 Å². The van der Waals surface area contributed by atoms with E-state index in [1.165, 1.54) is 25.3 Å². The van der Waals surface area contributed by atoms with Crippen LogP contribution in [0.2, 0.25) is 0 Å². The fourth-order valence-corrected chi connectivity index (χ4v) is 5.58. The standard InChI is InChI=1S/C25H34F2N6O/c1-25(2,34)15-11-12-17(13-15)33-22-20(14-28-23(32-22)29-16-7-4-3-5-8-16)30-24(33)31-21-18(26)9-6-10-19(21)27/h9,14-17,34H,3-8,10-13H2,1-2H3,(H,30,31)(H,28,29,32). The molecule has 2 aromatic heterocycles. The van der Waals surface area contributed by atoms with Gasteiger partial charge in [-0.25, -0.2) is 18.7 Å². The molecule has 2 atom stereocenters.